The lowest BCUT2D eigenvalue weighted by molar-refractivity contribution is -0.385. The molecule has 7 heteroatoms. The van der Waals surface area contributed by atoms with Crippen LogP contribution in [0.1, 0.15) is 17.3 Å². The van der Waals surface area contributed by atoms with Gasteiger partial charge in [-0.15, -0.1) is 0 Å². The Bertz CT molecular complexity index is 580. The fourth-order valence-electron chi connectivity index (χ4n) is 3.00. The normalized spacial score (nSPS) is 26.0. The number of nitrogens with one attached hydrogen (secondary N) is 2. The number of hydrogen-bond donors (Lipinski definition) is 2. The zero-order valence-electron chi connectivity index (χ0n) is 11.7. The summed E-state index contributed by atoms with van der Waals surface area (Å²) in [5, 5.41) is 17.3. The van der Waals surface area contributed by atoms with Gasteiger partial charge in [-0.1, -0.05) is 6.07 Å². The number of hydrogen-bond acceptors (Lipinski definition) is 5. The van der Waals surface area contributed by atoms with E-state index in [1.807, 2.05) is 0 Å². The molecule has 2 atom stereocenters. The lowest BCUT2D eigenvalue weighted by Crippen LogP contribution is -2.32. The Hall–Kier alpha value is -2.15. The van der Waals surface area contributed by atoms with E-state index >= 15 is 0 Å². The number of amides is 1. The molecule has 1 saturated heterocycles. The largest absolute Gasteiger partial charge is 0.487 e. The van der Waals surface area contributed by atoms with Crippen molar-refractivity contribution in [2.75, 3.05) is 19.7 Å². The highest BCUT2D eigenvalue weighted by Crippen LogP contribution is 2.42. The molecule has 0 bridgehead atoms. The highest BCUT2D eigenvalue weighted by Gasteiger charge is 2.53. The second kappa shape index (κ2) is 5.33. The van der Waals surface area contributed by atoms with Crippen LogP contribution in [0, 0.1) is 22.0 Å². The number of nitro groups is 1. The Morgan fingerprint density at radius 1 is 1.48 bits per heavy atom. The minimum absolute atomic E-state index is 0.0476. The predicted octanol–water partition coefficient (Wildman–Crippen LogP) is 0.941. The van der Waals surface area contributed by atoms with Crippen LogP contribution in [0.2, 0.25) is 0 Å². The first-order valence-corrected chi connectivity index (χ1v) is 7.05. The number of carbonyl (C=O) groups excluding carboxylic acids is 1. The molecule has 1 aromatic rings. The van der Waals surface area contributed by atoms with Crippen LogP contribution in [0.3, 0.4) is 0 Å². The molecule has 1 saturated carbocycles. The molecule has 1 heterocycles. The molecular formula is C14H17N3O4. The zero-order chi connectivity index (χ0) is 15.0. The number of benzene rings is 1. The van der Waals surface area contributed by atoms with Crippen LogP contribution in [-0.4, -0.2) is 36.6 Å². The van der Waals surface area contributed by atoms with Gasteiger partial charge in [0.1, 0.15) is 0 Å². The summed E-state index contributed by atoms with van der Waals surface area (Å²) in [7, 11) is 0. The van der Waals surface area contributed by atoms with Crippen molar-refractivity contribution < 1.29 is 14.5 Å². The Morgan fingerprint density at radius 3 is 2.81 bits per heavy atom. The van der Waals surface area contributed by atoms with Crippen molar-refractivity contribution in [3.63, 3.8) is 0 Å². The SMILES string of the molecule is CCOc1c(C(=O)NC2C3CNCC32)cccc1[N+](=O)[O-]. The van der Waals surface area contributed by atoms with Gasteiger partial charge in [-0.25, -0.2) is 0 Å². The van der Waals surface area contributed by atoms with Gasteiger partial charge in [0.25, 0.3) is 5.91 Å². The highest BCUT2D eigenvalue weighted by molar-refractivity contribution is 5.98. The van der Waals surface area contributed by atoms with Crippen molar-refractivity contribution in [1.82, 2.24) is 10.6 Å². The summed E-state index contributed by atoms with van der Waals surface area (Å²) in [6.07, 6.45) is 0. The van der Waals surface area contributed by atoms with E-state index in [2.05, 4.69) is 10.6 Å². The number of para-hydroxylation sites is 1. The summed E-state index contributed by atoms with van der Waals surface area (Å²) in [6, 6.07) is 4.58. The first-order valence-electron chi connectivity index (χ1n) is 7.05. The van der Waals surface area contributed by atoms with Crippen LogP contribution < -0.4 is 15.4 Å². The number of nitrogens with zero attached hydrogens (tertiary/aromatic N) is 1. The van der Waals surface area contributed by atoms with Crippen LogP contribution in [0.5, 0.6) is 5.75 Å². The first-order chi connectivity index (χ1) is 10.1. The van der Waals surface area contributed by atoms with Crippen LogP contribution >= 0.6 is 0 Å². The molecule has 7 nitrogen and oxygen atoms in total. The molecule has 1 aromatic carbocycles. The summed E-state index contributed by atoms with van der Waals surface area (Å²) in [4.78, 5) is 22.9. The van der Waals surface area contributed by atoms with E-state index in [9.17, 15) is 14.9 Å². The second-order valence-electron chi connectivity index (χ2n) is 5.33. The summed E-state index contributed by atoms with van der Waals surface area (Å²) in [5.41, 5.74) is 0.0474. The third-order valence-electron chi connectivity index (χ3n) is 4.11. The van der Waals surface area contributed by atoms with E-state index in [1.54, 1.807) is 13.0 Å². The van der Waals surface area contributed by atoms with Gasteiger partial charge in [-0.2, -0.15) is 0 Å². The number of ether oxygens (including phenoxy) is 1. The van der Waals surface area contributed by atoms with Gasteiger partial charge in [-0.3, -0.25) is 14.9 Å². The fourth-order valence-corrected chi connectivity index (χ4v) is 3.00. The van der Waals surface area contributed by atoms with Crippen molar-refractivity contribution >= 4 is 11.6 Å². The smallest absolute Gasteiger partial charge is 0.311 e. The van der Waals surface area contributed by atoms with Gasteiger partial charge >= 0.3 is 5.69 Å². The molecule has 2 fully saturated rings. The molecule has 2 aliphatic rings. The molecule has 0 aromatic heterocycles. The molecular weight excluding hydrogens is 274 g/mol. The third-order valence-corrected chi connectivity index (χ3v) is 4.11. The average molecular weight is 291 g/mol. The van der Waals surface area contributed by atoms with E-state index in [-0.39, 0.29) is 35.6 Å². The molecule has 0 spiro atoms. The van der Waals surface area contributed by atoms with Gasteiger partial charge in [-0.05, 0) is 24.8 Å². The van der Waals surface area contributed by atoms with E-state index in [0.29, 0.717) is 11.8 Å². The molecule has 1 aliphatic heterocycles. The van der Waals surface area contributed by atoms with Crippen molar-refractivity contribution in [3.8, 4) is 5.75 Å². The molecule has 1 amide bonds. The molecule has 112 valence electrons. The molecule has 21 heavy (non-hydrogen) atoms. The lowest BCUT2D eigenvalue weighted by Gasteiger charge is -2.12. The summed E-state index contributed by atoms with van der Waals surface area (Å²) >= 11 is 0. The van der Waals surface area contributed by atoms with E-state index < -0.39 is 4.92 Å². The van der Waals surface area contributed by atoms with Crippen molar-refractivity contribution in [1.29, 1.82) is 0 Å². The molecule has 2 unspecified atom stereocenters. The number of carbonyl (C=O) groups is 1. The van der Waals surface area contributed by atoms with Crippen LogP contribution in [0.4, 0.5) is 5.69 Å². The van der Waals surface area contributed by atoms with Gasteiger partial charge in [0, 0.05) is 25.2 Å². The van der Waals surface area contributed by atoms with Gasteiger partial charge in [0.05, 0.1) is 17.1 Å². The monoisotopic (exact) mass is 291 g/mol. The standard InChI is InChI=1S/C14H17N3O4/c1-2-21-13-8(4-3-5-11(13)17(19)20)14(18)16-12-9-6-15-7-10(9)12/h3-5,9-10,12,15H,2,6-7H2,1H3,(H,16,18). The van der Waals surface area contributed by atoms with Crippen LogP contribution in [0.25, 0.3) is 0 Å². The molecule has 1 aliphatic carbocycles. The van der Waals surface area contributed by atoms with Gasteiger partial charge in [0.2, 0.25) is 5.75 Å². The number of piperidine rings is 1. The second-order valence-corrected chi connectivity index (χ2v) is 5.33. The minimum Gasteiger partial charge on any atom is -0.487 e. The van der Waals surface area contributed by atoms with Gasteiger partial charge < -0.3 is 15.4 Å². The van der Waals surface area contributed by atoms with E-state index in [0.717, 1.165) is 13.1 Å². The Balaban J connectivity index is 1.81. The van der Waals surface area contributed by atoms with Crippen LogP contribution in [-0.2, 0) is 0 Å². The Labute approximate surface area is 121 Å². The molecule has 0 radical (unpaired) electrons. The fraction of sp³-hybridized carbons (Fsp3) is 0.500. The van der Waals surface area contributed by atoms with Crippen molar-refractivity contribution in [2.24, 2.45) is 11.8 Å². The summed E-state index contributed by atoms with van der Waals surface area (Å²) < 4.78 is 5.33. The zero-order valence-corrected chi connectivity index (χ0v) is 11.7. The summed E-state index contributed by atoms with van der Waals surface area (Å²) in [5.74, 6) is 0.722. The third kappa shape index (κ3) is 2.44. The Morgan fingerprint density at radius 2 is 2.19 bits per heavy atom. The topological polar surface area (TPSA) is 93.5 Å². The number of nitro benzene ring substituents is 1. The van der Waals surface area contributed by atoms with E-state index in [1.165, 1.54) is 12.1 Å². The Kier molecular flexibility index (Phi) is 3.50. The van der Waals surface area contributed by atoms with Crippen LogP contribution in [0.15, 0.2) is 18.2 Å². The summed E-state index contributed by atoms with van der Waals surface area (Å²) in [6.45, 7) is 3.84. The maximum Gasteiger partial charge on any atom is 0.311 e. The first kappa shape index (κ1) is 13.8. The minimum atomic E-state index is -0.530. The molecule has 2 N–H and O–H groups in total. The highest BCUT2D eigenvalue weighted by atomic mass is 16.6. The molecule has 3 rings (SSSR count). The number of rotatable bonds is 5. The maximum absolute atomic E-state index is 12.4. The number of fused-ring (bicyclic) bond motifs is 1. The quantitative estimate of drug-likeness (QED) is 0.622. The lowest BCUT2D eigenvalue weighted by atomic mass is 10.1. The van der Waals surface area contributed by atoms with E-state index in [4.69, 9.17) is 4.74 Å². The average Bonchev–Trinajstić information content (AvgIpc) is 2.89. The van der Waals surface area contributed by atoms with Gasteiger partial charge in [0.15, 0.2) is 0 Å². The van der Waals surface area contributed by atoms with Crippen molar-refractivity contribution in [2.45, 2.75) is 13.0 Å². The van der Waals surface area contributed by atoms with Crippen molar-refractivity contribution in [3.05, 3.63) is 33.9 Å². The maximum atomic E-state index is 12.4. The predicted molar refractivity (Wildman–Crippen MR) is 75.4 cm³/mol.